The first kappa shape index (κ1) is 20.7. The van der Waals surface area contributed by atoms with Crippen LogP contribution in [0.25, 0.3) is 0 Å². The monoisotopic (exact) mass is 544 g/mol. The lowest BCUT2D eigenvalue weighted by atomic mass is 10.1. The van der Waals surface area contributed by atoms with Crippen molar-refractivity contribution in [1.82, 2.24) is 0 Å². The molecule has 0 aliphatic heterocycles. The second-order valence-corrected chi connectivity index (χ2v) is 8.13. The Morgan fingerprint density at radius 2 is 1.65 bits per heavy atom. The number of aromatic carboxylic acids is 1. The predicted octanol–water partition coefficient (Wildman–Crippen LogP) is 5.12. The summed E-state index contributed by atoms with van der Waals surface area (Å²) in [6.45, 7) is 0.321. The summed E-state index contributed by atoms with van der Waals surface area (Å²) >= 11 is 4.69. The highest BCUT2D eigenvalue weighted by Gasteiger charge is 2.18. The molecule has 1 N–H and O–H groups in total. The standard InChI is InChI=1S/C17H22I2O4/c18-11-7-3-1-2-4-8-13(19)12-23-17(22)15-10-6-5-9-14(15)16(20)21/h5-6,9-10,13H,1-4,7-8,11-12H2,(H,20,21). The third kappa shape index (κ3) is 8.32. The number of esters is 1. The molecule has 0 saturated carbocycles. The molecule has 0 heterocycles. The molecule has 6 heteroatoms. The van der Waals surface area contributed by atoms with Gasteiger partial charge in [0.15, 0.2) is 0 Å². The molecule has 0 fully saturated rings. The van der Waals surface area contributed by atoms with Crippen molar-refractivity contribution >= 4 is 57.1 Å². The second-order valence-electron chi connectivity index (χ2n) is 5.29. The molecule has 1 aromatic rings. The quantitative estimate of drug-likeness (QED) is 0.182. The van der Waals surface area contributed by atoms with Gasteiger partial charge >= 0.3 is 11.9 Å². The molecule has 0 aliphatic carbocycles. The number of carbonyl (C=O) groups is 2. The Morgan fingerprint density at radius 3 is 2.30 bits per heavy atom. The molecule has 0 saturated heterocycles. The van der Waals surface area contributed by atoms with Crippen LogP contribution in [0.15, 0.2) is 24.3 Å². The minimum Gasteiger partial charge on any atom is -0.478 e. The molecule has 0 radical (unpaired) electrons. The number of rotatable bonds is 11. The molecule has 0 spiro atoms. The molecule has 0 aromatic heterocycles. The zero-order valence-corrected chi connectivity index (χ0v) is 17.3. The summed E-state index contributed by atoms with van der Waals surface area (Å²) < 4.78 is 6.75. The normalized spacial score (nSPS) is 11.9. The molecule has 1 aromatic carbocycles. The summed E-state index contributed by atoms with van der Waals surface area (Å²) in [5.41, 5.74) is 0.0974. The van der Waals surface area contributed by atoms with E-state index in [2.05, 4.69) is 45.2 Å². The average Bonchev–Trinajstić information content (AvgIpc) is 2.55. The third-order valence-corrected chi connectivity index (χ3v) is 5.17. The summed E-state index contributed by atoms with van der Waals surface area (Å²) in [7, 11) is 0. The van der Waals surface area contributed by atoms with Gasteiger partial charge in [-0.15, -0.1) is 0 Å². The van der Waals surface area contributed by atoms with Crippen molar-refractivity contribution in [3.05, 3.63) is 35.4 Å². The topological polar surface area (TPSA) is 63.6 Å². The smallest absolute Gasteiger partial charge is 0.339 e. The average molecular weight is 544 g/mol. The number of unbranched alkanes of at least 4 members (excludes halogenated alkanes) is 4. The van der Waals surface area contributed by atoms with Gasteiger partial charge in [0.2, 0.25) is 0 Å². The Hall–Kier alpha value is -0.380. The molecule has 0 amide bonds. The molecular weight excluding hydrogens is 522 g/mol. The van der Waals surface area contributed by atoms with Crippen molar-refractivity contribution in [3.63, 3.8) is 0 Å². The van der Waals surface area contributed by atoms with Crippen molar-refractivity contribution < 1.29 is 19.4 Å². The van der Waals surface area contributed by atoms with Gasteiger partial charge in [-0.3, -0.25) is 0 Å². The Kier molecular flexibility index (Phi) is 10.8. The first-order valence-electron chi connectivity index (χ1n) is 7.75. The number of ether oxygens (including phenoxy) is 1. The summed E-state index contributed by atoms with van der Waals surface area (Å²) in [4.78, 5) is 23.1. The van der Waals surface area contributed by atoms with Crippen LogP contribution in [0.3, 0.4) is 0 Å². The maximum atomic E-state index is 12.0. The maximum absolute atomic E-state index is 12.0. The van der Waals surface area contributed by atoms with Crippen molar-refractivity contribution in [2.24, 2.45) is 0 Å². The van der Waals surface area contributed by atoms with Crippen molar-refractivity contribution in [1.29, 1.82) is 0 Å². The van der Waals surface area contributed by atoms with E-state index in [9.17, 15) is 9.59 Å². The zero-order chi connectivity index (χ0) is 17.1. The highest BCUT2D eigenvalue weighted by Crippen LogP contribution is 2.16. The summed E-state index contributed by atoms with van der Waals surface area (Å²) in [5.74, 6) is -1.68. The van der Waals surface area contributed by atoms with E-state index in [4.69, 9.17) is 9.84 Å². The molecule has 128 valence electrons. The van der Waals surface area contributed by atoms with Gasteiger partial charge in [0.1, 0.15) is 6.61 Å². The van der Waals surface area contributed by atoms with E-state index in [1.807, 2.05) is 0 Å². The molecule has 23 heavy (non-hydrogen) atoms. The number of carboxylic acids is 1. The molecule has 1 atom stereocenters. The van der Waals surface area contributed by atoms with Gasteiger partial charge < -0.3 is 9.84 Å². The minimum absolute atomic E-state index is 0.0160. The van der Waals surface area contributed by atoms with Crippen LogP contribution in [0.5, 0.6) is 0 Å². The lowest BCUT2D eigenvalue weighted by molar-refractivity contribution is 0.0497. The summed E-state index contributed by atoms with van der Waals surface area (Å²) in [6, 6.07) is 6.14. The van der Waals surface area contributed by atoms with E-state index in [1.165, 1.54) is 42.2 Å². The van der Waals surface area contributed by atoms with Crippen LogP contribution < -0.4 is 0 Å². The fraction of sp³-hybridized carbons (Fsp3) is 0.529. The number of benzene rings is 1. The first-order valence-corrected chi connectivity index (χ1v) is 10.5. The van der Waals surface area contributed by atoms with E-state index in [-0.39, 0.29) is 15.1 Å². The molecular formula is C17H22I2O4. The SMILES string of the molecule is O=C(O)c1ccccc1C(=O)OCC(I)CCCCCCCI. The van der Waals surface area contributed by atoms with Crippen LogP contribution in [-0.4, -0.2) is 32.0 Å². The number of hydrogen-bond donors (Lipinski definition) is 1. The lowest BCUT2D eigenvalue weighted by Crippen LogP contribution is -2.16. The van der Waals surface area contributed by atoms with Crippen LogP contribution in [0.4, 0.5) is 0 Å². The van der Waals surface area contributed by atoms with Crippen LogP contribution in [0.2, 0.25) is 0 Å². The highest BCUT2D eigenvalue weighted by atomic mass is 127. The predicted molar refractivity (Wildman–Crippen MR) is 108 cm³/mol. The summed E-state index contributed by atoms with van der Waals surface area (Å²) in [6.07, 6.45) is 7.20. The van der Waals surface area contributed by atoms with E-state index < -0.39 is 11.9 Å². The maximum Gasteiger partial charge on any atom is 0.339 e. The Morgan fingerprint density at radius 1 is 1.04 bits per heavy atom. The van der Waals surface area contributed by atoms with E-state index in [1.54, 1.807) is 12.1 Å². The Bertz CT molecular complexity index is 505. The van der Waals surface area contributed by atoms with E-state index in [0.29, 0.717) is 6.61 Å². The molecule has 1 rings (SSSR count). The van der Waals surface area contributed by atoms with Crippen LogP contribution in [0, 0.1) is 0 Å². The van der Waals surface area contributed by atoms with Gasteiger partial charge in [-0.25, -0.2) is 9.59 Å². The first-order chi connectivity index (χ1) is 11.1. The van der Waals surface area contributed by atoms with Crippen molar-refractivity contribution in [2.45, 2.75) is 42.4 Å². The van der Waals surface area contributed by atoms with Crippen LogP contribution in [0.1, 0.15) is 59.2 Å². The van der Waals surface area contributed by atoms with E-state index >= 15 is 0 Å². The Labute approximate surface area is 164 Å². The Balaban J connectivity index is 2.32. The van der Waals surface area contributed by atoms with Crippen LogP contribution in [-0.2, 0) is 4.74 Å². The second kappa shape index (κ2) is 12.0. The van der Waals surface area contributed by atoms with Gasteiger partial charge in [0.25, 0.3) is 0 Å². The number of carbonyl (C=O) groups excluding carboxylic acids is 1. The van der Waals surface area contributed by atoms with Gasteiger partial charge in [0, 0.05) is 3.92 Å². The van der Waals surface area contributed by atoms with Crippen LogP contribution >= 0.6 is 45.2 Å². The van der Waals surface area contributed by atoms with Gasteiger partial charge in [0.05, 0.1) is 11.1 Å². The van der Waals surface area contributed by atoms with Gasteiger partial charge in [-0.05, 0) is 29.4 Å². The summed E-state index contributed by atoms with van der Waals surface area (Å²) in [5, 5.41) is 9.09. The molecule has 4 nitrogen and oxygen atoms in total. The van der Waals surface area contributed by atoms with Gasteiger partial charge in [-0.1, -0.05) is 83.0 Å². The number of carboxylic acid groups (broad SMARTS) is 1. The number of alkyl halides is 2. The number of halogens is 2. The largest absolute Gasteiger partial charge is 0.478 e. The molecule has 0 bridgehead atoms. The van der Waals surface area contributed by atoms with Crippen molar-refractivity contribution in [2.75, 3.05) is 11.0 Å². The minimum atomic E-state index is -1.12. The zero-order valence-electron chi connectivity index (χ0n) is 13.0. The van der Waals surface area contributed by atoms with E-state index in [0.717, 1.165) is 12.8 Å². The van der Waals surface area contributed by atoms with Crippen molar-refractivity contribution in [3.8, 4) is 0 Å². The molecule has 0 aliphatic rings. The van der Waals surface area contributed by atoms with Gasteiger partial charge in [-0.2, -0.15) is 0 Å². The third-order valence-electron chi connectivity index (χ3n) is 3.42. The molecule has 1 unspecified atom stereocenters. The fourth-order valence-electron chi connectivity index (χ4n) is 2.17. The fourth-order valence-corrected chi connectivity index (χ4v) is 3.33. The lowest BCUT2D eigenvalue weighted by Gasteiger charge is -2.11. The highest BCUT2D eigenvalue weighted by molar-refractivity contribution is 14.1. The number of hydrogen-bond acceptors (Lipinski definition) is 3.